The number of hydrogen-bond acceptors (Lipinski definition) is 5. The van der Waals surface area contributed by atoms with Gasteiger partial charge < -0.3 is 8.98 Å². The van der Waals surface area contributed by atoms with Crippen molar-refractivity contribution in [2.45, 2.75) is 32.9 Å². The lowest BCUT2D eigenvalue weighted by atomic mass is 10.2. The van der Waals surface area contributed by atoms with Crippen molar-refractivity contribution in [1.82, 2.24) is 24.1 Å². The van der Waals surface area contributed by atoms with Crippen LogP contribution in [-0.4, -0.2) is 24.1 Å². The molecule has 0 saturated heterocycles. The Morgan fingerprint density at radius 3 is 2.57 bits per heavy atom. The first-order chi connectivity index (χ1) is 13.7. The summed E-state index contributed by atoms with van der Waals surface area (Å²) in [5, 5.41) is 0.502. The second-order valence-electron chi connectivity index (χ2n) is 6.96. The Labute approximate surface area is 160 Å². The Kier molecular flexibility index (Phi) is 3.75. The maximum Gasteiger partial charge on any atom is 0.265 e. The van der Waals surface area contributed by atoms with Gasteiger partial charge in [0.1, 0.15) is 23.0 Å². The normalized spacial score (nSPS) is 12.9. The van der Waals surface area contributed by atoms with E-state index in [0.29, 0.717) is 28.7 Å². The van der Waals surface area contributed by atoms with E-state index in [9.17, 15) is 4.79 Å². The highest BCUT2D eigenvalue weighted by Crippen LogP contribution is 2.26. The van der Waals surface area contributed by atoms with Crippen molar-refractivity contribution >= 4 is 33.2 Å². The van der Waals surface area contributed by atoms with Crippen LogP contribution < -0.4 is 5.56 Å². The average molecular weight is 373 g/mol. The van der Waals surface area contributed by atoms with Gasteiger partial charge in [-0.2, -0.15) is 0 Å². The monoisotopic (exact) mass is 373 g/mol. The second kappa shape index (κ2) is 6.30. The molecule has 0 aliphatic rings. The fourth-order valence-corrected chi connectivity index (χ4v) is 3.54. The number of aromatic nitrogens is 5. The van der Waals surface area contributed by atoms with Crippen molar-refractivity contribution in [2.75, 3.05) is 0 Å². The number of benzene rings is 1. The van der Waals surface area contributed by atoms with Gasteiger partial charge in [0.05, 0.1) is 23.8 Å². The maximum absolute atomic E-state index is 13.3. The summed E-state index contributed by atoms with van der Waals surface area (Å²) >= 11 is 0. The van der Waals surface area contributed by atoms with Gasteiger partial charge in [0.15, 0.2) is 11.3 Å². The lowest BCUT2D eigenvalue weighted by molar-refractivity contribution is 0.496. The molecular formula is C21H19N5O2. The molecule has 0 saturated carbocycles. The fourth-order valence-electron chi connectivity index (χ4n) is 3.54. The molecule has 5 rings (SSSR count). The van der Waals surface area contributed by atoms with Gasteiger partial charge in [-0.15, -0.1) is 0 Å². The van der Waals surface area contributed by atoms with Crippen molar-refractivity contribution in [3.05, 3.63) is 65.1 Å². The predicted molar refractivity (Wildman–Crippen MR) is 107 cm³/mol. The number of rotatable bonds is 4. The molecule has 4 heterocycles. The zero-order chi connectivity index (χ0) is 19.3. The number of furan rings is 1. The van der Waals surface area contributed by atoms with Crippen molar-refractivity contribution in [3.8, 4) is 0 Å². The van der Waals surface area contributed by atoms with Crippen LogP contribution in [0.4, 0.5) is 0 Å². The fraction of sp³-hybridized carbons (Fsp3) is 0.238. The van der Waals surface area contributed by atoms with Crippen LogP contribution >= 0.6 is 0 Å². The number of nitrogens with zero attached hydrogens (tertiary/aromatic N) is 5. The zero-order valence-electron chi connectivity index (χ0n) is 15.7. The molecule has 0 unspecified atom stereocenters. The molecule has 4 aromatic heterocycles. The summed E-state index contributed by atoms with van der Waals surface area (Å²) in [5.74, 6) is 0.765. The van der Waals surface area contributed by atoms with E-state index in [-0.39, 0.29) is 11.6 Å². The summed E-state index contributed by atoms with van der Waals surface area (Å²) in [6.07, 6.45) is 4.09. The smallest absolute Gasteiger partial charge is 0.265 e. The van der Waals surface area contributed by atoms with Crippen molar-refractivity contribution < 1.29 is 4.42 Å². The SMILES string of the molecule is CC[C@@H](C)n1cnc2c(c1=O)c1nc3ccccc3nc1n2Cc1ccco1. The van der Waals surface area contributed by atoms with E-state index in [1.54, 1.807) is 17.2 Å². The summed E-state index contributed by atoms with van der Waals surface area (Å²) in [5.41, 5.74) is 3.23. The number of para-hydroxylation sites is 2. The number of fused-ring (bicyclic) bond motifs is 4. The van der Waals surface area contributed by atoms with E-state index >= 15 is 0 Å². The van der Waals surface area contributed by atoms with E-state index in [4.69, 9.17) is 14.4 Å². The zero-order valence-corrected chi connectivity index (χ0v) is 15.7. The van der Waals surface area contributed by atoms with Crippen LogP contribution in [0, 0.1) is 0 Å². The second-order valence-corrected chi connectivity index (χ2v) is 6.96. The van der Waals surface area contributed by atoms with E-state index in [1.807, 2.05) is 47.9 Å². The van der Waals surface area contributed by atoms with Crippen LogP contribution in [0.5, 0.6) is 0 Å². The van der Waals surface area contributed by atoms with Crippen molar-refractivity contribution in [1.29, 1.82) is 0 Å². The molecule has 0 radical (unpaired) electrons. The molecule has 7 heteroatoms. The predicted octanol–water partition coefficient (Wildman–Crippen LogP) is 3.91. The van der Waals surface area contributed by atoms with Crippen molar-refractivity contribution in [2.24, 2.45) is 0 Å². The average Bonchev–Trinajstić information content (AvgIpc) is 3.33. The Bertz CT molecular complexity index is 1360. The van der Waals surface area contributed by atoms with Crippen molar-refractivity contribution in [3.63, 3.8) is 0 Å². The molecular weight excluding hydrogens is 354 g/mol. The van der Waals surface area contributed by atoms with Crippen LogP contribution in [0.1, 0.15) is 32.1 Å². The minimum atomic E-state index is -0.0906. The summed E-state index contributed by atoms with van der Waals surface area (Å²) in [7, 11) is 0. The summed E-state index contributed by atoms with van der Waals surface area (Å²) < 4.78 is 9.11. The van der Waals surface area contributed by atoms with Crippen LogP contribution in [-0.2, 0) is 6.54 Å². The molecule has 1 aromatic carbocycles. The molecule has 7 nitrogen and oxygen atoms in total. The quantitative estimate of drug-likeness (QED) is 0.477. The van der Waals surface area contributed by atoms with Crippen LogP contribution in [0.25, 0.3) is 33.2 Å². The van der Waals surface area contributed by atoms with Gasteiger partial charge in [0.2, 0.25) is 0 Å². The van der Waals surface area contributed by atoms with Gasteiger partial charge in [-0.1, -0.05) is 19.1 Å². The highest BCUT2D eigenvalue weighted by Gasteiger charge is 2.21. The molecule has 0 spiro atoms. The lowest BCUT2D eigenvalue weighted by Crippen LogP contribution is -2.23. The first-order valence-electron chi connectivity index (χ1n) is 9.35. The molecule has 0 aliphatic carbocycles. The third kappa shape index (κ3) is 2.43. The summed E-state index contributed by atoms with van der Waals surface area (Å²) in [6.45, 7) is 4.49. The Morgan fingerprint density at radius 2 is 1.86 bits per heavy atom. The Balaban J connectivity index is 1.91. The Morgan fingerprint density at radius 1 is 1.07 bits per heavy atom. The molecule has 0 amide bonds. The van der Waals surface area contributed by atoms with Gasteiger partial charge in [-0.25, -0.2) is 15.0 Å². The van der Waals surface area contributed by atoms with E-state index < -0.39 is 0 Å². The standard InChI is InChI=1S/C21H19N5O2/c1-3-13(2)26-12-22-19-17(21(26)27)18-20(25(19)11-14-7-6-10-28-14)24-16-9-5-4-8-15(16)23-18/h4-10,12-13H,3,11H2,1-2H3/t13-/m1/s1. The lowest BCUT2D eigenvalue weighted by Gasteiger charge is -2.12. The first kappa shape index (κ1) is 16.7. The molecule has 5 aromatic rings. The van der Waals surface area contributed by atoms with E-state index in [0.717, 1.165) is 23.2 Å². The highest BCUT2D eigenvalue weighted by molar-refractivity contribution is 6.04. The topological polar surface area (TPSA) is 78.7 Å². The third-order valence-electron chi connectivity index (χ3n) is 5.24. The van der Waals surface area contributed by atoms with Gasteiger partial charge in [0, 0.05) is 6.04 Å². The first-order valence-corrected chi connectivity index (χ1v) is 9.35. The molecule has 0 N–H and O–H groups in total. The molecule has 28 heavy (non-hydrogen) atoms. The van der Waals surface area contributed by atoms with Gasteiger partial charge in [0.25, 0.3) is 5.56 Å². The van der Waals surface area contributed by atoms with Crippen LogP contribution in [0.2, 0.25) is 0 Å². The largest absolute Gasteiger partial charge is 0.467 e. The number of hydrogen-bond donors (Lipinski definition) is 0. The molecule has 1 atom stereocenters. The highest BCUT2D eigenvalue weighted by atomic mass is 16.3. The maximum atomic E-state index is 13.3. The van der Waals surface area contributed by atoms with Crippen LogP contribution in [0.3, 0.4) is 0 Å². The van der Waals surface area contributed by atoms with Crippen LogP contribution in [0.15, 0.2) is 58.2 Å². The van der Waals surface area contributed by atoms with Gasteiger partial charge in [-0.3, -0.25) is 9.36 Å². The van der Waals surface area contributed by atoms with Gasteiger partial charge >= 0.3 is 0 Å². The minimum absolute atomic E-state index is 0.0567. The van der Waals surface area contributed by atoms with Gasteiger partial charge in [-0.05, 0) is 37.6 Å². The third-order valence-corrected chi connectivity index (χ3v) is 5.24. The van der Waals surface area contributed by atoms with E-state index in [2.05, 4.69) is 11.9 Å². The Hall–Kier alpha value is -3.48. The molecule has 140 valence electrons. The minimum Gasteiger partial charge on any atom is -0.467 e. The van der Waals surface area contributed by atoms with E-state index in [1.165, 1.54) is 0 Å². The molecule has 0 aliphatic heterocycles. The summed E-state index contributed by atoms with van der Waals surface area (Å²) in [4.78, 5) is 27.5. The molecule has 0 fully saturated rings. The molecule has 0 bridgehead atoms. The summed E-state index contributed by atoms with van der Waals surface area (Å²) in [6, 6.07) is 11.5.